The molecule has 3 aromatic heterocycles. The van der Waals surface area contributed by atoms with E-state index in [1.807, 2.05) is 23.1 Å². The fourth-order valence-corrected chi connectivity index (χ4v) is 4.01. The Labute approximate surface area is 200 Å². The van der Waals surface area contributed by atoms with E-state index >= 15 is 0 Å². The summed E-state index contributed by atoms with van der Waals surface area (Å²) >= 11 is 6.36. The molecule has 1 atom stereocenters. The molecule has 0 saturated carbocycles. The lowest BCUT2D eigenvalue weighted by Gasteiger charge is -2.39. The SMILES string of the molecule is O=C(Nc1ccccn1)[C@H](CN1CC(CO)C1)Oc1nc(-c2ccccc2Cl)nc2[nH]ncc12. The maximum atomic E-state index is 13.2. The highest BCUT2D eigenvalue weighted by atomic mass is 35.5. The van der Waals surface area contributed by atoms with Gasteiger partial charge in [-0.3, -0.25) is 14.8 Å². The van der Waals surface area contributed by atoms with Gasteiger partial charge < -0.3 is 15.2 Å². The van der Waals surface area contributed by atoms with Crippen molar-refractivity contribution in [3.05, 3.63) is 59.9 Å². The lowest BCUT2D eigenvalue weighted by molar-refractivity contribution is -0.124. The zero-order valence-corrected chi connectivity index (χ0v) is 18.8. The third kappa shape index (κ3) is 4.69. The number of aliphatic hydroxyl groups excluding tert-OH is 1. The van der Waals surface area contributed by atoms with Gasteiger partial charge in [-0.2, -0.15) is 10.1 Å². The zero-order chi connectivity index (χ0) is 23.5. The van der Waals surface area contributed by atoms with Crippen molar-refractivity contribution in [3.8, 4) is 17.3 Å². The van der Waals surface area contributed by atoms with E-state index in [0.29, 0.717) is 52.9 Å². The summed E-state index contributed by atoms with van der Waals surface area (Å²) in [6.45, 7) is 1.80. The molecular weight excluding hydrogens is 458 g/mol. The quantitative estimate of drug-likeness (QED) is 0.351. The first kappa shape index (κ1) is 22.2. The topological polar surface area (TPSA) is 129 Å². The summed E-state index contributed by atoms with van der Waals surface area (Å²) in [5.74, 6) is 0.831. The van der Waals surface area contributed by atoms with E-state index in [1.165, 1.54) is 0 Å². The number of benzene rings is 1. The van der Waals surface area contributed by atoms with E-state index in [-0.39, 0.29) is 24.3 Å². The molecule has 1 fully saturated rings. The van der Waals surface area contributed by atoms with Crippen LogP contribution in [-0.4, -0.2) is 73.4 Å². The average Bonchev–Trinajstić information content (AvgIpc) is 3.30. The third-order valence-corrected chi connectivity index (χ3v) is 5.90. The van der Waals surface area contributed by atoms with Crippen molar-refractivity contribution in [2.45, 2.75) is 6.10 Å². The summed E-state index contributed by atoms with van der Waals surface area (Å²) in [6, 6.07) is 12.5. The number of carbonyl (C=O) groups excluding carboxylic acids is 1. The number of likely N-dealkylation sites (tertiary alicyclic amines) is 1. The molecule has 0 bridgehead atoms. The number of rotatable bonds is 8. The van der Waals surface area contributed by atoms with Crippen LogP contribution in [0, 0.1) is 5.92 Å². The zero-order valence-electron chi connectivity index (χ0n) is 18.1. The van der Waals surface area contributed by atoms with Crippen molar-refractivity contribution in [3.63, 3.8) is 0 Å². The number of anilines is 1. The number of nitrogens with one attached hydrogen (secondary N) is 2. The maximum Gasteiger partial charge on any atom is 0.268 e. The number of aromatic nitrogens is 5. The second kappa shape index (κ2) is 9.72. The first-order valence-corrected chi connectivity index (χ1v) is 11.2. The Bertz CT molecular complexity index is 1290. The predicted octanol–water partition coefficient (Wildman–Crippen LogP) is 2.38. The van der Waals surface area contributed by atoms with Gasteiger partial charge in [0.05, 0.1) is 11.2 Å². The van der Waals surface area contributed by atoms with Gasteiger partial charge in [0.25, 0.3) is 5.91 Å². The monoisotopic (exact) mass is 479 g/mol. The number of hydrogen-bond donors (Lipinski definition) is 3. The number of fused-ring (bicyclic) bond motifs is 1. The predicted molar refractivity (Wildman–Crippen MR) is 126 cm³/mol. The molecule has 4 aromatic rings. The number of amides is 1. The number of hydrogen-bond acceptors (Lipinski definition) is 8. The number of halogens is 1. The third-order valence-electron chi connectivity index (χ3n) is 5.57. The summed E-state index contributed by atoms with van der Waals surface area (Å²) in [7, 11) is 0. The summed E-state index contributed by atoms with van der Waals surface area (Å²) < 4.78 is 6.20. The maximum absolute atomic E-state index is 13.2. The first-order valence-electron chi connectivity index (χ1n) is 10.8. The van der Waals surface area contributed by atoms with E-state index in [4.69, 9.17) is 16.3 Å². The molecule has 4 heterocycles. The fraction of sp³-hybridized carbons (Fsp3) is 0.261. The fourth-order valence-electron chi connectivity index (χ4n) is 3.79. The van der Waals surface area contributed by atoms with Crippen molar-refractivity contribution in [1.82, 2.24) is 30.0 Å². The van der Waals surface area contributed by atoms with Gasteiger partial charge in [0.15, 0.2) is 17.6 Å². The number of carbonyl (C=O) groups is 1. The van der Waals surface area contributed by atoms with Gasteiger partial charge in [-0.05, 0) is 24.3 Å². The van der Waals surface area contributed by atoms with Gasteiger partial charge in [0, 0.05) is 43.9 Å². The van der Waals surface area contributed by atoms with E-state index < -0.39 is 6.10 Å². The van der Waals surface area contributed by atoms with Gasteiger partial charge >= 0.3 is 0 Å². The number of H-pyrrole nitrogens is 1. The Morgan fingerprint density at radius 1 is 1.24 bits per heavy atom. The minimum Gasteiger partial charge on any atom is -0.462 e. The molecule has 0 spiro atoms. The van der Waals surface area contributed by atoms with Crippen LogP contribution in [0.2, 0.25) is 5.02 Å². The normalized spacial score (nSPS) is 15.1. The van der Waals surface area contributed by atoms with Crippen LogP contribution in [0.25, 0.3) is 22.4 Å². The lowest BCUT2D eigenvalue weighted by atomic mass is 10.0. The second-order valence-corrected chi connectivity index (χ2v) is 8.45. The van der Waals surface area contributed by atoms with Gasteiger partial charge in [0.2, 0.25) is 5.88 Å². The molecule has 174 valence electrons. The number of aromatic amines is 1. The van der Waals surface area contributed by atoms with Crippen LogP contribution in [0.4, 0.5) is 5.82 Å². The molecule has 5 rings (SSSR count). The largest absolute Gasteiger partial charge is 0.462 e. The Kier molecular flexibility index (Phi) is 6.35. The van der Waals surface area contributed by atoms with Crippen LogP contribution in [-0.2, 0) is 4.79 Å². The van der Waals surface area contributed by atoms with Crippen LogP contribution < -0.4 is 10.1 Å². The Morgan fingerprint density at radius 2 is 2.06 bits per heavy atom. The lowest BCUT2D eigenvalue weighted by Crippen LogP contribution is -2.54. The molecule has 1 aromatic carbocycles. The molecule has 34 heavy (non-hydrogen) atoms. The molecule has 1 aliphatic heterocycles. The summed E-state index contributed by atoms with van der Waals surface area (Å²) in [5.41, 5.74) is 1.10. The van der Waals surface area contributed by atoms with Gasteiger partial charge in [-0.15, -0.1) is 0 Å². The molecule has 1 saturated heterocycles. The van der Waals surface area contributed by atoms with Crippen LogP contribution in [0.5, 0.6) is 5.88 Å². The minimum atomic E-state index is -0.895. The van der Waals surface area contributed by atoms with Crippen LogP contribution in [0.3, 0.4) is 0 Å². The molecule has 3 N–H and O–H groups in total. The van der Waals surface area contributed by atoms with Gasteiger partial charge in [-0.1, -0.05) is 29.8 Å². The summed E-state index contributed by atoms with van der Waals surface area (Å²) in [6.07, 6.45) is 2.26. The molecular formula is C23H22ClN7O3. The van der Waals surface area contributed by atoms with Gasteiger partial charge in [-0.25, -0.2) is 9.97 Å². The summed E-state index contributed by atoms with van der Waals surface area (Å²) in [4.78, 5) is 28.5. The van der Waals surface area contributed by atoms with Crippen LogP contribution in [0.15, 0.2) is 54.9 Å². The smallest absolute Gasteiger partial charge is 0.268 e. The molecule has 1 aliphatic rings. The molecule has 11 heteroatoms. The van der Waals surface area contributed by atoms with E-state index in [2.05, 4.69) is 30.5 Å². The minimum absolute atomic E-state index is 0.116. The van der Waals surface area contributed by atoms with Crippen molar-refractivity contribution < 1.29 is 14.6 Å². The standard InChI is InChI=1S/C23H22ClN7O3/c24-17-6-2-1-5-15(17)20-28-21-16(9-26-30-21)23(29-20)34-18(12-31-10-14(11-31)13-32)22(33)27-19-7-3-4-8-25-19/h1-9,14,18,32H,10-13H2,(H,25,27,33)(H,26,28,29,30)/t18-/m0/s1. The Balaban J connectivity index is 1.46. The highest BCUT2D eigenvalue weighted by Crippen LogP contribution is 2.30. The molecule has 0 radical (unpaired) electrons. The molecule has 0 unspecified atom stereocenters. The van der Waals surface area contributed by atoms with Crippen LogP contribution in [0.1, 0.15) is 0 Å². The Morgan fingerprint density at radius 3 is 2.82 bits per heavy atom. The highest BCUT2D eigenvalue weighted by Gasteiger charge is 2.32. The van der Waals surface area contributed by atoms with Crippen molar-refractivity contribution in [1.29, 1.82) is 0 Å². The molecule has 1 amide bonds. The van der Waals surface area contributed by atoms with Gasteiger partial charge in [0.1, 0.15) is 11.2 Å². The van der Waals surface area contributed by atoms with E-state index in [0.717, 1.165) is 0 Å². The number of aliphatic hydroxyl groups is 1. The van der Waals surface area contributed by atoms with Crippen LogP contribution >= 0.6 is 11.6 Å². The van der Waals surface area contributed by atoms with E-state index in [9.17, 15) is 9.90 Å². The van der Waals surface area contributed by atoms with E-state index in [1.54, 1.807) is 36.7 Å². The number of pyridine rings is 1. The number of ether oxygens (including phenoxy) is 1. The Hall–Kier alpha value is -3.60. The summed E-state index contributed by atoms with van der Waals surface area (Å²) in [5, 5.41) is 20.1. The van der Waals surface area contributed by atoms with Crippen molar-refractivity contribution >= 4 is 34.4 Å². The average molecular weight is 480 g/mol. The van der Waals surface area contributed by atoms with Crippen molar-refractivity contribution in [2.75, 3.05) is 31.6 Å². The first-order chi connectivity index (χ1) is 16.6. The molecule has 0 aliphatic carbocycles. The molecule has 10 nitrogen and oxygen atoms in total. The number of nitrogens with zero attached hydrogens (tertiary/aromatic N) is 5. The second-order valence-electron chi connectivity index (χ2n) is 8.04. The van der Waals surface area contributed by atoms with Crippen molar-refractivity contribution in [2.24, 2.45) is 5.92 Å². The highest BCUT2D eigenvalue weighted by molar-refractivity contribution is 6.33.